The number of rotatable bonds is 11. The molecule has 1 aromatic rings. The van der Waals surface area contributed by atoms with Gasteiger partial charge >= 0.3 is 6.61 Å². The van der Waals surface area contributed by atoms with E-state index >= 15 is 0 Å². The van der Waals surface area contributed by atoms with E-state index in [-0.39, 0.29) is 14.5 Å². The zero-order chi connectivity index (χ0) is 21.2. The lowest BCUT2D eigenvalue weighted by Gasteiger charge is -2.37. The van der Waals surface area contributed by atoms with Gasteiger partial charge in [0.05, 0.1) is 0 Å². The minimum atomic E-state index is -2.74. The summed E-state index contributed by atoms with van der Waals surface area (Å²) >= 11 is 0. The van der Waals surface area contributed by atoms with Crippen molar-refractivity contribution in [3.63, 3.8) is 0 Å². The van der Waals surface area contributed by atoms with E-state index in [1.54, 1.807) is 43.1 Å². The third-order valence-corrected chi connectivity index (χ3v) is 11.4. The molecule has 0 radical (unpaired) electrons. The maximum absolute atomic E-state index is 12.2. The van der Waals surface area contributed by atoms with Crippen LogP contribution in [0.3, 0.4) is 0 Å². The van der Waals surface area contributed by atoms with E-state index in [9.17, 15) is 8.78 Å². The highest BCUT2D eigenvalue weighted by atomic mass is 28.3. The van der Waals surface area contributed by atoms with Gasteiger partial charge in [-0.15, -0.1) is 0 Å². The molecule has 0 unspecified atom stereocenters. The fraction of sp³-hybridized carbons (Fsp3) is 0.769. The number of hydrogen-bond acceptors (Lipinski definition) is 1. The van der Waals surface area contributed by atoms with Gasteiger partial charge in [-0.1, -0.05) is 88.6 Å². The molecule has 1 aliphatic heterocycles. The average molecular weight is 437 g/mol. The number of unbranched alkanes of at least 4 members (excludes halogenated alkanes) is 2. The fourth-order valence-corrected chi connectivity index (χ4v) is 9.64. The first-order chi connectivity index (χ1) is 14.6. The Morgan fingerprint density at radius 2 is 1.57 bits per heavy atom. The van der Waals surface area contributed by atoms with Crippen LogP contribution in [0.4, 0.5) is 8.78 Å². The number of halogens is 2. The van der Waals surface area contributed by atoms with Crippen molar-refractivity contribution in [3.05, 3.63) is 29.8 Å². The summed E-state index contributed by atoms with van der Waals surface area (Å²) in [6.07, 6.45) is 16.8. The summed E-state index contributed by atoms with van der Waals surface area (Å²) in [6.45, 7) is -0.405. The molecule has 4 heteroatoms. The highest BCUT2D eigenvalue weighted by Crippen LogP contribution is 2.42. The second kappa shape index (κ2) is 12.8. The Labute approximate surface area is 184 Å². The van der Waals surface area contributed by atoms with Crippen LogP contribution in [0.5, 0.6) is 5.75 Å². The van der Waals surface area contributed by atoms with Crippen LogP contribution < -0.4 is 4.74 Å². The summed E-state index contributed by atoms with van der Waals surface area (Å²) in [5, 5.41) is 0. The maximum Gasteiger partial charge on any atom is 0.387 e. The van der Waals surface area contributed by atoms with Crippen molar-refractivity contribution >= 4 is 8.80 Å². The van der Waals surface area contributed by atoms with Crippen LogP contribution >= 0.6 is 0 Å². The molecule has 0 bridgehead atoms. The second-order valence-corrected chi connectivity index (χ2v) is 13.4. The smallest absolute Gasteiger partial charge is 0.387 e. The third-order valence-electron chi connectivity index (χ3n) is 7.89. The van der Waals surface area contributed by atoms with Gasteiger partial charge in [0.1, 0.15) is 5.75 Å². The summed E-state index contributed by atoms with van der Waals surface area (Å²) in [4.78, 5) is 0. The first kappa shape index (κ1) is 23.8. The van der Waals surface area contributed by atoms with E-state index in [4.69, 9.17) is 0 Å². The van der Waals surface area contributed by atoms with Crippen LogP contribution in [0.25, 0.3) is 0 Å². The van der Waals surface area contributed by atoms with Crippen LogP contribution in [-0.4, -0.2) is 15.4 Å². The van der Waals surface area contributed by atoms with Crippen LogP contribution in [0.1, 0.15) is 83.1 Å². The molecule has 0 atom stereocenters. The molecule has 1 heterocycles. The molecule has 1 aromatic carbocycles. The largest absolute Gasteiger partial charge is 0.435 e. The first-order valence-corrected chi connectivity index (χ1v) is 15.1. The third kappa shape index (κ3) is 7.98. The number of hydrogen-bond donors (Lipinski definition) is 0. The molecule has 0 N–H and O–H groups in total. The van der Waals surface area contributed by atoms with Gasteiger partial charge in [0, 0.05) is 8.80 Å². The molecule has 30 heavy (non-hydrogen) atoms. The molecular formula is C26H42F2OSi. The molecule has 1 aliphatic carbocycles. The maximum atomic E-state index is 12.2. The van der Waals surface area contributed by atoms with Gasteiger partial charge in [-0.25, -0.2) is 0 Å². The SMILES string of the molecule is CCCC[Si@H]1CC[C@H]([C@H]2CC[C@H](CCCCc3ccc(OC(F)F)cc3)CC2)CC1. The van der Waals surface area contributed by atoms with E-state index in [1.165, 1.54) is 63.4 Å². The minimum Gasteiger partial charge on any atom is -0.435 e. The summed E-state index contributed by atoms with van der Waals surface area (Å²) in [6, 6.07) is 12.0. The number of alkyl halides is 2. The van der Waals surface area contributed by atoms with Crippen molar-refractivity contribution in [1.82, 2.24) is 0 Å². The second-order valence-electron chi connectivity index (χ2n) is 9.97. The van der Waals surface area contributed by atoms with E-state index in [0.717, 1.165) is 24.2 Å². The molecule has 2 fully saturated rings. The Bertz CT molecular complexity index is 575. The Hall–Kier alpha value is -0.903. The summed E-state index contributed by atoms with van der Waals surface area (Å²) < 4.78 is 28.8. The standard InChI is InChI=1S/C26H42F2OSi/c1-2-3-18-30-19-16-24(17-20-30)23-12-8-21(9-13-23)6-4-5-7-22-10-14-25(15-11-22)29-26(27)28/h10-11,14-15,21,23-24,26,30H,2-9,12-13,16-20H2,1H3/t21-,23-,24-,30-. The van der Waals surface area contributed by atoms with Gasteiger partial charge in [-0.2, -0.15) is 8.78 Å². The first-order valence-electron chi connectivity index (χ1n) is 12.7. The summed E-state index contributed by atoms with van der Waals surface area (Å²) in [5.74, 6) is 3.30. The van der Waals surface area contributed by atoms with Gasteiger partial charge in [-0.05, 0) is 61.1 Å². The molecule has 170 valence electrons. The van der Waals surface area contributed by atoms with E-state index < -0.39 is 6.61 Å². The van der Waals surface area contributed by atoms with Gasteiger partial charge in [0.15, 0.2) is 0 Å². The summed E-state index contributed by atoms with van der Waals surface area (Å²) in [7, 11) is -0.344. The van der Waals surface area contributed by atoms with Crippen molar-refractivity contribution < 1.29 is 13.5 Å². The van der Waals surface area contributed by atoms with Crippen LogP contribution in [0, 0.1) is 17.8 Å². The van der Waals surface area contributed by atoms with E-state index in [2.05, 4.69) is 11.7 Å². The fourth-order valence-electron chi connectivity index (χ4n) is 5.99. The molecular weight excluding hydrogens is 394 g/mol. The molecule has 0 spiro atoms. The minimum absolute atomic E-state index is 0.252. The number of benzene rings is 1. The Balaban J connectivity index is 1.26. The van der Waals surface area contributed by atoms with Crippen molar-refractivity contribution in [2.24, 2.45) is 17.8 Å². The molecule has 1 saturated carbocycles. The van der Waals surface area contributed by atoms with Crippen LogP contribution in [0.15, 0.2) is 24.3 Å². The van der Waals surface area contributed by atoms with Gasteiger partial charge in [-0.3, -0.25) is 0 Å². The number of aryl methyl sites for hydroxylation is 1. The molecule has 2 aliphatic rings. The van der Waals surface area contributed by atoms with Gasteiger partial charge in [0.25, 0.3) is 0 Å². The summed E-state index contributed by atoms with van der Waals surface area (Å²) in [5.41, 5.74) is 1.22. The molecule has 0 amide bonds. The zero-order valence-electron chi connectivity index (χ0n) is 19.0. The van der Waals surface area contributed by atoms with E-state index in [0.29, 0.717) is 0 Å². The molecule has 0 aromatic heterocycles. The van der Waals surface area contributed by atoms with Crippen molar-refractivity contribution in [1.29, 1.82) is 0 Å². The Morgan fingerprint density at radius 1 is 0.900 bits per heavy atom. The topological polar surface area (TPSA) is 9.23 Å². The van der Waals surface area contributed by atoms with Crippen molar-refractivity contribution in [2.75, 3.05) is 0 Å². The Morgan fingerprint density at radius 3 is 2.20 bits per heavy atom. The van der Waals surface area contributed by atoms with Gasteiger partial charge < -0.3 is 4.74 Å². The van der Waals surface area contributed by atoms with Crippen LogP contribution in [0.2, 0.25) is 18.1 Å². The lowest BCUT2D eigenvalue weighted by molar-refractivity contribution is -0.0498. The van der Waals surface area contributed by atoms with Crippen LogP contribution in [-0.2, 0) is 6.42 Å². The highest BCUT2D eigenvalue weighted by molar-refractivity contribution is 6.58. The van der Waals surface area contributed by atoms with Crippen molar-refractivity contribution in [2.45, 2.75) is 109 Å². The lowest BCUT2D eigenvalue weighted by Crippen LogP contribution is -2.28. The molecule has 3 rings (SSSR count). The predicted molar refractivity (Wildman–Crippen MR) is 125 cm³/mol. The van der Waals surface area contributed by atoms with Crippen molar-refractivity contribution in [3.8, 4) is 5.75 Å². The zero-order valence-corrected chi connectivity index (χ0v) is 20.1. The lowest BCUT2D eigenvalue weighted by atomic mass is 9.73. The number of ether oxygens (including phenoxy) is 1. The normalized spacial score (nSPS) is 27.3. The van der Waals surface area contributed by atoms with Gasteiger partial charge in [0.2, 0.25) is 0 Å². The predicted octanol–water partition coefficient (Wildman–Crippen LogP) is 8.24. The average Bonchev–Trinajstić information content (AvgIpc) is 2.77. The molecule has 1 nitrogen and oxygen atoms in total. The molecule has 1 saturated heterocycles. The monoisotopic (exact) mass is 436 g/mol. The Kier molecular flexibility index (Phi) is 10.2. The highest BCUT2D eigenvalue weighted by Gasteiger charge is 2.30. The van der Waals surface area contributed by atoms with E-state index in [1.807, 2.05) is 12.1 Å². The quantitative estimate of drug-likeness (QED) is 0.251.